The van der Waals surface area contributed by atoms with Crippen molar-refractivity contribution in [3.8, 4) is 0 Å². The van der Waals surface area contributed by atoms with E-state index < -0.39 is 6.04 Å². The highest BCUT2D eigenvalue weighted by Crippen LogP contribution is 2.30. The van der Waals surface area contributed by atoms with Gasteiger partial charge in [-0.05, 0) is 24.7 Å². The number of aromatic nitrogens is 2. The van der Waals surface area contributed by atoms with Crippen LogP contribution in [0.3, 0.4) is 0 Å². The standard InChI is InChI=1S/C14H24N4O/c1-14(2,3)12(15)13(19)17-10-5-4-6-11(10)18-8-7-16-9-18/h7-12H,4-6,15H2,1-3H3,(H,17,19)/t10?,11?,12-/m0/s1. The minimum atomic E-state index is -0.475. The van der Waals surface area contributed by atoms with E-state index in [1.54, 1.807) is 6.20 Å². The molecule has 1 amide bonds. The summed E-state index contributed by atoms with van der Waals surface area (Å²) in [5, 5.41) is 3.11. The topological polar surface area (TPSA) is 72.9 Å². The van der Waals surface area contributed by atoms with Gasteiger partial charge in [0.25, 0.3) is 0 Å². The Labute approximate surface area is 114 Å². The average Bonchev–Trinajstić information content (AvgIpc) is 2.95. The van der Waals surface area contributed by atoms with Gasteiger partial charge in [0, 0.05) is 18.4 Å². The van der Waals surface area contributed by atoms with E-state index in [0.717, 1.165) is 19.3 Å². The summed E-state index contributed by atoms with van der Waals surface area (Å²) in [5.74, 6) is -0.0514. The van der Waals surface area contributed by atoms with E-state index in [1.807, 2.05) is 33.3 Å². The molecule has 1 fully saturated rings. The molecule has 0 saturated heterocycles. The monoisotopic (exact) mass is 264 g/mol. The van der Waals surface area contributed by atoms with Crippen molar-refractivity contribution in [3.63, 3.8) is 0 Å². The third-order valence-corrected chi connectivity index (χ3v) is 3.93. The van der Waals surface area contributed by atoms with Crippen molar-refractivity contribution in [3.05, 3.63) is 18.7 Å². The highest BCUT2D eigenvalue weighted by atomic mass is 16.2. The first-order chi connectivity index (χ1) is 8.89. The summed E-state index contributed by atoms with van der Waals surface area (Å²) in [4.78, 5) is 16.3. The molecule has 5 nitrogen and oxygen atoms in total. The second-order valence-corrected chi connectivity index (χ2v) is 6.47. The second-order valence-electron chi connectivity index (χ2n) is 6.47. The molecular formula is C14H24N4O. The Bertz CT molecular complexity index is 421. The van der Waals surface area contributed by atoms with Crippen molar-refractivity contribution in [2.45, 2.75) is 58.2 Å². The van der Waals surface area contributed by atoms with Crippen LogP contribution in [-0.2, 0) is 4.79 Å². The van der Waals surface area contributed by atoms with Gasteiger partial charge in [0.1, 0.15) is 0 Å². The van der Waals surface area contributed by atoms with Gasteiger partial charge >= 0.3 is 0 Å². The van der Waals surface area contributed by atoms with Crippen molar-refractivity contribution in [1.29, 1.82) is 0 Å². The maximum atomic E-state index is 12.2. The van der Waals surface area contributed by atoms with Crippen molar-refractivity contribution in [2.75, 3.05) is 0 Å². The van der Waals surface area contributed by atoms with Gasteiger partial charge in [0.2, 0.25) is 5.91 Å². The van der Waals surface area contributed by atoms with Crippen LogP contribution >= 0.6 is 0 Å². The number of amides is 1. The maximum absolute atomic E-state index is 12.2. The van der Waals surface area contributed by atoms with E-state index in [-0.39, 0.29) is 17.4 Å². The second kappa shape index (κ2) is 5.33. The zero-order valence-electron chi connectivity index (χ0n) is 12.0. The predicted octanol–water partition coefficient (Wildman–Crippen LogP) is 1.47. The molecule has 2 rings (SSSR count). The van der Waals surface area contributed by atoms with E-state index in [9.17, 15) is 4.79 Å². The fourth-order valence-corrected chi connectivity index (χ4v) is 2.60. The number of rotatable bonds is 3. The van der Waals surface area contributed by atoms with Crippen LogP contribution in [0, 0.1) is 5.41 Å². The first kappa shape index (κ1) is 14.1. The number of hydrogen-bond donors (Lipinski definition) is 2. The lowest BCUT2D eigenvalue weighted by molar-refractivity contribution is -0.125. The van der Waals surface area contributed by atoms with E-state index >= 15 is 0 Å². The third kappa shape index (κ3) is 3.15. The molecule has 1 aromatic heterocycles. The SMILES string of the molecule is CC(C)(C)[C@@H](N)C(=O)NC1CCCC1n1ccnc1. The number of carbonyl (C=O) groups is 1. The summed E-state index contributed by atoms with van der Waals surface area (Å²) < 4.78 is 2.08. The van der Waals surface area contributed by atoms with E-state index in [4.69, 9.17) is 5.73 Å². The van der Waals surface area contributed by atoms with E-state index in [2.05, 4.69) is 14.9 Å². The molecule has 3 N–H and O–H groups in total. The van der Waals surface area contributed by atoms with Crippen LogP contribution in [0.25, 0.3) is 0 Å². The summed E-state index contributed by atoms with van der Waals surface area (Å²) >= 11 is 0. The van der Waals surface area contributed by atoms with Crippen molar-refractivity contribution < 1.29 is 4.79 Å². The van der Waals surface area contributed by atoms with Crippen molar-refractivity contribution in [2.24, 2.45) is 11.1 Å². The van der Waals surface area contributed by atoms with E-state index in [1.165, 1.54) is 0 Å². The molecular weight excluding hydrogens is 240 g/mol. The minimum Gasteiger partial charge on any atom is -0.350 e. The number of nitrogens with one attached hydrogen (secondary N) is 1. The normalized spacial score (nSPS) is 25.3. The Morgan fingerprint density at radius 2 is 2.21 bits per heavy atom. The molecule has 0 aromatic carbocycles. The highest BCUT2D eigenvalue weighted by Gasteiger charge is 2.33. The maximum Gasteiger partial charge on any atom is 0.237 e. The van der Waals surface area contributed by atoms with Gasteiger partial charge in [0.15, 0.2) is 0 Å². The summed E-state index contributed by atoms with van der Waals surface area (Å²) in [6.45, 7) is 5.96. The quantitative estimate of drug-likeness (QED) is 0.868. The summed E-state index contributed by atoms with van der Waals surface area (Å²) in [6, 6.07) is -0.00902. The molecule has 19 heavy (non-hydrogen) atoms. The van der Waals surface area contributed by atoms with Crippen LogP contribution in [0.1, 0.15) is 46.1 Å². The molecule has 0 bridgehead atoms. The van der Waals surface area contributed by atoms with Gasteiger partial charge in [-0.25, -0.2) is 4.98 Å². The fraction of sp³-hybridized carbons (Fsp3) is 0.714. The van der Waals surface area contributed by atoms with Crippen LogP contribution in [0.15, 0.2) is 18.7 Å². The van der Waals surface area contributed by atoms with Crippen LogP contribution in [-0.4, -0.2) is 27.5 Å². The van der Waals surface area contributed by atoms with Crippen LogP contribution in [0.4, 0.5) is 0 Å². The zero-order chi connectivity index (χ0) is 14.0. The summed E-state index contributed by atoms with van der Waals surface area (Å²) in [6.07, 6.45) is 8.76. The first-order valence-electron chi connectivity index (χ1n) is 6.93. The predicted molar refractivity (Wildman–Crippen MR) is 74.5 cm³/mol. The molecule has 3 atom stereocenters. The lowest BCUT2D eigenvalue weighted by atomic mass is 9.86. The number of carbonyl (C=O) groups excluding carboxylic acids is 1. The largest absolute Gasteiger partial charge is 0.350 e. The van der Waals surface area contributed by atoms with Crippen LogP contribution < -0.4 is 11.1 Å². The first-order valence-corrected chi connectivity index (χ1v) is 6.93. The average molecular weight is 264 g/mol. The minimum absolute atomic E-state index is 0.0514. The smallest absolute Gasteiger partial charge is 0.237 e. The lowest BCUT2D eigenvalue weighted by Crippen LogP contribution is -2.52. The zero-order valence-corrected chi connectivity index (χ0v) is 12.0. The number of imidazole rings is 1. The van der Waals surface area contributed by atoms with Gasteiger partial charge < -0.3 is 15.6 Å². The third-order valence-electron chi connectivity index (χ3n) is 3.93. The number of nitrogens with two attached hydrogens (primary N) is 1. The molecule has 1 heterocycles. The van der Waals surface area contributed by atoms with Crippen molar-refractivity contribution in [1.82, 2.24) is 14.9 Å². The molecule has 0 radical (unpaired) electrons. The Hall–Kier alpha value is -1.36. The Morgan fingerprint density at radius 3 is 2.79 bits per heavy atom. The van der Waals surface area contributed by atoms with Crippen molar-refractivity contribution >= 4 is 5.91 Å². The Kier molecular flexibility index (Phi) is 3.94. The number of nitrogens with zero attached hydrogens (tertiary/aromatic N) is 2. The van der Waals surface area contributed by atoms with E-state index in [0.29, 0.717) is 6.04 Å². The molecule has 0 spiro atoms. The molecule has 1 aliphatic carbocycles. The van der Waals surface area contributed by atoms with Gasteiger partial charge in [-0.1, -0.05) is 20.8 Å². The highest BCUT2D eigenvalue weighted by molar-refractivity contribution is 5.82. The molecule has 0 aliphatic heterocycles. The molecule has 1 aliphatic rings. The van der Waals surface area contributed by atoms with Gasteiger partial charge in [-0.2, -0.15) is 0 Å². The van der Waals surface area contributed by atoms with Gasteiger partial charge in [-0.15, -0.1) is 0 Å². The van der Waals surface area contributed by atoms with Crippen LogP contribution in [0.2, 0.25) is 0 Å². The van der Waals surface area contributed by atoms with Gasteiger partial charge in [0.05, 0.1) is 18.4 Å². The summed E-state index contributed by atoms with van der Waals surface area (Å²) in [5.41, 5.74) is 5.79. The fourth-order valence-electron chi connectivity index (χ4n) is 2.60. The molecule has 2 unspecified atom stereocenters. The lowest BCUT2D eigenvalue weighted by Gasteiger charge is -2.29. The molecule has 1 saturated carbocycles. The molecule has 106 valence electrons. The molecule has 1 aromatic rings. The Balaban J connectivity index is 2.00. The summed E-state index contributed by atoms with van der Waals surface area (Å²) in [7, 11) is 0. The molecule has 5 heteroatoms. The Morgan fingerprint density at radius 1 is 1.47 bits per heavy atom. The van der Waals surface area contributed by atoms with Crippen LogP contribution in [0.5, 0.6) is 0 Å². The number of hydrogen-bond acceptors (Lipinski definition) is 3. The van der Waals surface area contributed by atoms with Gasteiger partial charge in [-0.3, -0.25) is 4.79 Å².